The molecule has 0 unspecified atom stereocenters. The average Bonchev–Trinajstić information content (AvgIpc) is 2.78. The van der Waals surface area contributed by atoms with Gasteiger partial charge in [-0.1, -0.05) is 55.9 Å². The summed E-state index contributed by atoms with van der Waals surface area (Å²) in [5, 5.41) is 1.25. The second-order valence-electron chi connectivity index (χ2n) is 8.86. The van der Waals surface area contributed by atoms with E-state index in [2.05, 4.69) is 18.8 Å². The van der Waals surface area contributed by atoms with Crippen LogP contribution < -0.4 is 0 Å². The fourth-order valence-electron chi connectivity index (χ4n) is 4.82. The molecule has 3 aromatic carbocycles. The van der Waals surface area contributed by atoms with Gasteiger partial charge >= 0.3 is 6.18 Å². The minimum Gasteiger partial charge on any atom is -0.206 e. The van der Waals surface area contributed by atoms with E-state index in [1.807, 2.05) is 18.2 Å². The molecule has 0 bridgehead atoms. The average molecular weight is 456 g/mol. The van der Waals surface area contributed by atoms with Gasteiger partial charge in [-0.15, -0.1) is 0 Å². The summed E-state index contributed by atoms with van der Waals surface area (Å²) in [4.78, 5) is 0. The molecule has 172 valence electrons. The van der Waals surface area contributed by atoms with Crippen LogP contribution in [0.4, 0.5) is 22.0 Å². The topological polar surface area (TPSA) is 0 Å². The molecule has 0 atom stereocenters. The lowest BCUT2D eigenvalue weighted by atomic mass is 9.77. The molecule has 0 nitrogen and oxygen atoms in total. The molecule has 3 aromatic rings. The van der Waals surface area contributed by atoms with E-state index in [1.165, 1.54) is 31.2 Å². The number of hydrogen-bond acceptors (Lipinski definition) is 0. The van der Waals surface area contributed by atoms with Crippen molar-refractivity contribution in [1.29, 1.82) is 0 Å². The summed E-state index contributed by atoms with van der Waals surface area (Å²) in [6.07, 6.45) is 2.54. The summed E-state index contributed by atoms with van der Waals surface area (Å²) in [6, 6.07) is 11.6. The third kappa shape index (κ3) is 5.21. The van der Waals surface area contributed by atoms with Crippen LogP contribution in [-0.2, 0) is 6.18 Å². The van der Waals surface area contributed by atoms with Crippen molar-refractivity contribution in [3.8, 4) is 11.8 Å². The molecule has 0 aliphatic heterocycles. The van der Waals surface area contributed by atoms with Crippen molar-refractivity contribution in [3.05, 3.63) is 82.4 Å². The predicted octanol–water partition coefficient (Wildman–Crippen LogP) is 8.61. The Balaban J connectivity index is 1.55. The van der Waals surface area contributed by atoms with Crippen molar-refractivity contribution in [2.24, 2.45) is 5.92 Å². The Labute approximate surface area is 190 Å². The van der Waals surface area contributed by atoms with Crippen LogP contribution in [-0.4, -0.2) is 0 Å². The Morgan fingerprint density at radius 2 is 1.64 bits per heavy atom. The molecule has 33 heavy (non-hydrogen) atoms. The lowest BCUT2D eigenvalue weighted by Gasteiger charge is -2.28. The molecule has 0 N–H and O–H groups in total. The van der Waals surface area contributed by atoms with E-state index in [-0.39, 0.29) is 11.1 Å². The van der Waals surface area contributed by atoms with E-state index in [0.717, 1.165) is 36.3 Å². The van der Waals surface area contributed by atoms with Gasteiger partial charge in [-0.3, -0.25) is 0 Å². The molecule has 0 heterocycles. The molecule has 0 amide bonds. The van der Waals surface area contributed by atoms with E-state index in [9.17, 15) is 17.6 Å². The zero-order chi connectivity index (χ0) is 23.6. The number of benzene rings is 3. The highest BCUT2D eigenvalue weighted by molar-refractivity contribution is 5.85. The van der Waals surface area contributed by atoms with Crippen LogP contribution in [0.3, 0.4) is 0 Å². The van der Waals surface area contributed by atoms with Crippen LogP contribution in [0.1, 0.15) is 73.6 Å². The van der Waals surface area contributed by atoms with E-state index >= 15 is 4.39 Å². The van der Waals surface area contributed by atoms with Gasteiger partial charge in [0.1, 0.15) is 11.6 Å². The fourth-order valence-corrected chi connectivity index (χ4v) is 4.82. The van der Waals surface area contributed by atoms with Gasteiger partial charge in [0, 0.05) is 10.9 Å². The van der Waals surface area contributed by atoms with Gasteiger partial charge < -0.3 is 0 Å². The van der Waals surface area contributed by atoms with Crippen molar-refractivity contribution in [3.63, 3.8) is 0 Å². The van der Waals surface area contributed by atoms with Crippen molar-refractivity contribution < 1.29 is 22.0 Å². The van der Waals surface area contributed by atoms with Gasteiger partial charge in [0.25, 0.3) is 0 Å². The van der Waals surface area contributed by atoms with Crippen LogP contribution in [0.15, 0.2) is 48.5 Å². The molecule has 0 radical (unpaired) electrons. The van der Waals surface area contributed by atoms with Gasteiger partial charge in [-0.05, 0) is 72.7 Å². The van der Waals surface area contributed by atoms with E-state index in [0.29, 0.717) is 17.4 Å². The molecule has 5 heteroatoms. The van der Waals surface area contributed by atoms with E-state index in [4.69, 9.17) is 0 Å². The summed E-state index contributed by atoms with van der Waals surface area (Å²) >= 11 is 0. The molecule has 1 aliphatic carbocycles. The van der Waals surface area contributed by atoms with Crippen LogP contribution in [0.25, 0.3) is 10.8 Å². The number of alkyl halides is 3. The Hall–Kier alpha value is -2.87. The minimum absolute atomic E-state index is 0.0500. The SMILES string of the molecule is CCCC1CCC(c2ccc3c(F)c(C#Cc4ccc(C(F)(F)F)c(F)c4)ccc3c2)CC1. The van der Waals surface area contributed by atoms with E-state index < -0.39 is 23.4 Å². The van der Waals surface area contributed by atoms with Crippen molar-refractivity contribution in [2.75, 3.05) is 0 Å². The normalized spacial score (nSPS) is 18.7. The highest BCUT2D eigenvalue weighted by atomic mass is 19.4. The quantitative estimate of drug-likeness (QED) is 0.273. The maximum absolute atomic E-state index is 15.1. The lowest BCUT2D eigenvalue weighted by molar-refractivity contribution is -0.140. The summed E-state index contributed by atoms with van der Waals surface area (Å²) < 4.78 is 66.9. The number of fused-ring (bicyclic) bond motifs is 1. The second-order valence-corrected chi connectivity index (χ2v) is 8.86. The molecule has 1 fully saturated rings. The summed E-state index contributed by atoms with van der Waals surface area (Å²) in [7, 11) is 0. The number of halogens is 5. The zero-order valence-electron chi connectivity index (χ0n) is 18.4. The smallest absolute Gasteiger partial charge is 0.206 e. The maximum Gasteiger partial charge on any atom is 0.419 e. The maximum atomic E-state index is 15.1. The Kier molecular flexibility index (Phi) is 6.74. The monoisotopic (exact) mass is 456 g/mol. The summed E-state index contributed by atoms with van der Waals surface area (Å²) in [5.74, 6) is 4.64. The first-order valence-electron chi connectivity index (χ1n) is 11.4. The highest BCUT2D eigenvalue weighted by Gasteiger charge is 2.33. The predicted molar refractivity (Wildman–Crippen MR) is 121 cm³/mol. The molecule has 0 spiro atoms. The Morgan fingerprint density at radius 1 is 0.879 bits per heavy atom. The fraction of sp³-hybridized carbons (Fsp3) is 0.357. The van der Waals surface area contributed by atoms with Gasteiger partial charge in [0.15, 0.2) is 0 Å². The first-order valence-corrected chi connectivity index (χ1v) is 11.4. The summed E-state index contributed by atoms with van der Waals surface area (Å²) in [5.41, 5.74) is 0.0557. The highest BCUT2D eigenvalue weighted by Crippen LogP contribution is 2.38. The Morgan fingerprint density at radius 3 is 2.30 bits per heavy atom. The van der Waals surface area contributed by atoms with Crippen LogP contribution in [0.5, 0.6) is 0 Å². The number of rotatable bonds is 3. The molecular weight excluding hydrogens is 431 g/mol. The largest absolute Gasteiger partial charge is 0.419 e. The van der Waals surface area contributed by atoms with Crippen LogP contribution in [0.2, 0.25) is 0 Å². The third-order valence-electron chi connectivity index (χ3n) is 6.61. The first kappa shape index (κ1) is 23.3. The van der Waals surface area contributed by atoms with E-state index in [1.54, 1.807) is 12.1 Å². The van der Waals surface area contributed by atoms with Crippen LogP contribution in [0, 0.1) is 29.4 Å². The second kappa shape index (κ2) is 9.55. The van der Waals surface area contributed by atoms with Gasteiger partial charge in [0.2, 0.25) is 0 Å². The molecule has 0 saturated heterocycles. The van der Waals surface area contributed by atoms with Gasteiger partial charge in [-0.2, -0.15) is 13.2 Å². The third-order valence-corrected chi connectivity index (χ3v) is 6.61. The molecule has 1 saturated carbocycles. The molecule has 4 rings (SSSR count). The first-order chi connectivity index (χ1) is 15.8. The minimum atomic E-state index is -4.77. The van der Waals surface area contributed by atoms with Crippen molar-refractivity contribution >= 4 is 10.8 Å². The standard InChI is InChI=1S/C28H25F5/c1-2-3-18-4-8-20(9-5-18)22-13-14-24-23(17-22)12-11-21(27(24)30)10-6-19-7-15-25(26(29)16-19)28(31,32)33/h7,11-18,20H,2-5,8-9H2,1H3. The van der Waals surface area contributed by atoms with Crippen molar-refractivity contribution in [1.82, 2.24) is 0 Å². The Bertz CT molecular complexity index is 1200. The molecule has 0 aromatic heterocycles. The molecular formula is C28H25F5. The molecule has 1 aliphatic rings. The van der Waals surface area contributed by atoms with Gasteiger partial charge in [-0.25, -0.2) is 8.78 Å². The number of hydrogen-bond donors (Lipinski definition) is 0. The lowest BCUT2D eigenvalue weighted by Crippen LogP contribution is -2.13. The summed E-state index contributed by atoms with van der Waals surface area (Å²) in [6.45, 7) is 2.23. The van der Waals surface area contributed by atoms with Crippen LogP contribution >= 0.6 is 0 Å². The van der Waals surface area contributed by atoms with Crippen molar-refractivity contribution in [2.45, 2.75) is 57.5 Å². The van der Waals surface area contributed by atoms with Gasteiger partial charge in [0.05, 0.1) is 11.1 Å². The zero-order valence-corrected chi connectivity index (χ0v) is 18.4.